The molecule has 0 aliphatic heterocycles. The number of anilines is 2. The van der Waals surface area contributed by atoms with Gasteiger partial charge in [0.2, 0.25) is 0 Å². The summed E-state index contributed by atoms with van der Waals surface area (Å²) in [5.74, 6) is -0.250. The third kappa shape index (κ3) is 5.21. The highest BCUT2D eigenvalue weighted by Gasteiger charge is 2.08. The summed E-state index contributed by atoms with van der Waals surface area (Å²) in [5.41, 5.74) is 3.88. The van der Waals surface area contributed by atoms with Gasteiger partial charge in [0.1, 0.15) is 12.4 Å². The predicted molar refractivity (Wildman–Crippen MR) is 127 cm³/mol. The lowest BCUT2D eigenvalue weighted by Gasteiger charge is -2.19. The van der Waals surface area contributed by atoms with Crippen molar-refractivity contribution in [1.29, 1.82) is 0 Å². The molecule has 0 spiro atoms. The van der Waals surface area contributed by atoms with E-state index in [1.807, 2.05) is 89.9 Å². The van der Waals surface area contributed by atoms with Gasteiger partial charge in [-0.15, -0.1) is 0 Å². The van der Waals surface area contributed by atoms with E-state index in [0.717, 1.165) is 22.5 Å². The number of para-hydroxylation sites is 3. The SMILES string of the molecule is O=C(O)c1ccc(COc2ccccc2C=NN(c2ccccc2)c2ccccc2)cc1. The number of rotatable bonds is 8. The van der Waals surface area contributed by atoms with Gasteiger partial charge in [0.25, 0.3) is 0 Å². The van der Waals surface area contributed by atoms with Crippen LogP contribution in [0.3, 0.4) is 0 Å². The number of carboxylic acids is 1. The monoisotopic (exact) mass is 422 g/mol. The van der Waals surface area contributed by atoms with Crippen LogP contribution in [-0.4, -0.2) is 17.3 Å². The quantitative estimate of drug-likeness (QED) is 0.274. The Hall–Kier alpha value is -4.38. The molecule has 0 radical (unpaired) electrons. The largest absolute Gasteiger partial charge is 0.488 e. The first-order valence-corrected chi connectivity index (χ1v) is 10.2. The first-order valence-electron chi connectivity index (χ1n) is 10.2. The van der Waals surface area contributed by atoms with Crippen molar-refractivity contribution in [1.82, 2.24) is 0 Å². The molecule has 32 heavy (non-hydrogen) atoms. The second kappa shape index (κ2) is 10.1. The number of aromatic carboxylic acids is 1. The lowest BCUT2D eigenvalue weighted by molar-refractivity contribution is 0.0697. The summed E-state index contributed by atoms with van der Waals surface area (Å²) in [6, 6.07) is 34.2. The van der Waals surface area contributed by atoms with E-state index in [0.29, 0.717) is 12.4 Å². The molecule has 0 aliphatic carbocycles. The summed E-state index contributed by atoms with van der Waals surface area (Å²) in [4.78, 5) is 11.0. The maximum Gasteiger partial charge on any atom is 0.335 e. The standard InChI is InChI=1S/C27H22N2O3/c30-27(31)22-17-15-21(16-18-22)20-32-26-14-8-7-9-23(26)19-28-29(24-10-3-1-4-11-24)25-12-5-2-6-13-25/h1-19H,20H2,(H,30,31). The third-order valence-corrected chi connectivity index (χ3v) is 4.83. The molecule has 1 N–H and O–H groups in total. The highest BCUT2D eigenvalue weighted by Crippen LogP contribution is 2.26. The predicted octanol–water partition coefficient (Wildman–Crippen LogP) is 6.14. The normalized spacial score (nSPS) is 10.8. The number of benzene rings is 4. The smallest absolute Gasteiger partial charge is 0.335 e. The number of carboxylic acid groups (broad SMARTS) is 1. The van der Waals surface area contributed by atoms with Gasteiger partial charge >= 0.3 is 5.97 Å². The summed E-state index contributed by atoms with van der Waals surface area (Å²) in [7, 11) is 0. The fourth-order valence-electron chi connectivity index (χ4n) is 3.16. The van der Waals surface area contributed by atoms with Crippen LogP contribution in [0.1, 0.15) is 21.5 Å². The molecular formula is C27H22N2O3. The highest BCUT2D eigenvalue weighted by atomic mass is 16.5. The molecule has 0 bridgehead atoms. The van der Waals surface area contributed by atoms with Gasteiger partial charge in [0.05, 0.1) is 23.2 Å². The van der Waals surface area contributed by atoms with Crippen molar-refractivity contribution in [3.8, 4) is 5.75 Å². The van der Waals surface area contributed by atoms with Crippen LogP contribution in [0, 0.1) is 0 Å². The Labute approximate surface area is 186 Å². The van der Waals surface area contributed by atoms with Crippen molar-refractivity contribution in [2.24, 2.45) is 5.10 Å². The van der Waals surface area contributed by atoms with Gasteiger partial charge < -0.3 is 9.84 Å². The minimum atomic E-state index is -0.944. The molecule has 0 aromatic heterocycles. The zero-order valence-corrected chi connectivity index (χ0v) is 17.3. The Morgan fingerprint density at radius 3 is 1.94 bits per heavy atom. The average Bonchev–Trinajstić information content (AvgIpc) is 2.85. The molecular weight excluding hydrogens is 400 g/mol. The van der Waals surface area contributed by atoms with Crippen LogP contribution in [0.25, 0.3) is 0 Å². The minimum Gasteiger partial charge on any atom is -0.488 e. The number of hydrogen-bond acceptors (Lipinski definition) is 4. The molecule has 0 saturated heterocycles. The van der Waals surface area contributed by atoms with E-state index in [9.17, 15) is 4.79 Å². The molecule has 4 aromatic rings. The van der Waals surface area contributed by atoms with Crippen LogP contribution in [0.5, 0.6) is 5.75 Å². The van der Waals surface area contributed by atoms with E-state index in [2.05, 4.69) is 0 Å². The van der Waals surface area contributed by atoms with E-state index in [1.165, 1.54) is 0 Å². The van der Waals surface area contributed by atoms with Gasteiger partial charge in [-0.2, -0.15) is 5.10 Å². The second-order valence-electron chi connectivity index (χ2n) is 7.06. The molecule has 0 aliphatic rings. The van der Waals surface area contributed by atoms with Gasteiger partial charge in [-0.25, -0.2) is 9.80 Å². The average molecular weight is 422 g/mol. The van der Waals surface area contributed by atoms with Crippen LogP contribution in [-0.2, 0) is 6.61 Å². The van der Waals surface area contributed by atoms with E-state index >= 15 is 0 Å². The van der Waals surface area contributed by atoms with Gasteiger partial charge in [0.15, 0.2) is 0 Å². The minimum absolute atomic E-state index is 0.253. The molecule has 0 saturated carbocycles. The molecule has 0 unspecified atom stereocenters. The Morgan fingerprint density at radius 2 is 1.34 bits per heavy atom. The number of hydrogen-bond donors (Lipinski definition) is 1. The third-order valence-electron chi connectivity index (χ3n) is 4.83. The molecule has 158 valence electrons. The first-order chi connectivity index (χ1) is 15.7. The molecule has 5 heteroatoms. The van der Waals surface area contributed by atoms with E-state index < -0.39 is 5.97 Å². The Balaban J connectivity index is 1.55. The molecule has 4 rings (SSSR count). The van der Waals surface area contributed by atoms with Gasteiger partial charge in [-0.05, 0) is 54.1 Å². The Kier molecular flexibility index (Phi) is 6.58. The lowest BCUT2D eigenvalue weighted by Crippen LogP contribution is -2.09. The van der Waals surface area contributed by atoms with Crippen LogP contribution in [0.2, 0.25) is 0 Å². The van der Waals surface area contributed by atoms with Crippen molar-refractivity contribution >= 4 is 23.6 Å². The second-order valence-corrected chi connectivity index (χ2v) is 7.06. The maximum absolute atomic E-state index is 11.0. The molecule has 0 heterocycles. The topological polar surface area (TPSA) is 62.1 Å². The Bertz CT molecular complexity index is 1150. The van der Waals surface area contributed by atoms with Crippen molar-refractivity contribution < 1.29 is 14.6 Å². The van der Waals surface area contributed by atoms with Crippen molar-refractivity contribution in [2.75, 3.05) is 5.01 Å². The van der Waals surface area contributed by atoms with Crippen LogP contribution < -0.4 is 9.75 Å². The molecule has 0 atom stereocenters. The van der Waals surface area contributed by atoms with Crippen molar-refractivity contribution in [2.45, 2.75) is 6.61 Å². The van der Waals surface area contributed by atoms with Gasteiger partial charge in [-0.3, -0.25) is 0 Å². The fourth-order valence-corrected chi connectivity index (χ4v) is 3.16. The van der Waals surface area contributed by atoms with E-state index in [-0.39, 0.29) is 5.56 Å². The van der Waals surface area contributed by atoms with Gasteiger partial charge in [-0.1, -0.05) is 60.7 Å². The van der Waals surface area contributed by atoms with E-state index in [4.69, 9.17) is 14.9 Å². The first kappa shape index (κ1) is 20.9. The lowest BCUT2D eigenvalue weighted by atomic mass is 10.1. The van der Waals surface area contributed by atoms with Crippen LogP contribution >= 0.6 is 0 Å². The van der Waals surface area contributed by atoms with E-state index in [1.54, 1.807) is 30.5 Å². The summed E-state index contributed by atoms with van der Waals surface area (Å²) >= 11 is 0. The van der Waals surface area contributed by atoms with Crippen molar-refractivity contribution in [3.63, 3.8) is 0 Å². The number of ether oxygens (including phenoxy) is 1. The summed E-state index contributed by atoms with van der Waals surface area (Å²) in [6.45, 7) is 0.325. The van der Waals surface area contributed by atoms with Crippen molar-refractivity contribution in [3.05, 3.63) is 126 Å². The molecule has 5 nitrogen and oxygen atoms in total. The number of carbonyl (C=O) groups is 1. The highest BCUT2D eigenvalue weighted by molar-refractivity contribution is 5.87. The summed E-state index contributed by atoms with van der Waals surface area (Å²) < 4.78 is 6.01. The zero-order chi connectivity index (χ0) is 22.2. The fraction of sp³-hybridized carbons (Fsp3) is 0.0370. The van der Waals surface area contributed by atoms with Crippen LogP contribution in [0.15, 0.2) is 114 Å². The molecule has 0 fully saturated rings. The maximum atomic E-state index is 11.0. The summed E-state index contributed by atoms with van der Waals surface area (Å²) in [5, 5.41) is 15.7. The molecule has 0 amide bonds. The van der Waals surface area contributed by atoms with Gasteiger partial charge in [0, 0.05) is 5.56 Å². The Morgan fingerprint density at radius 1 is 0.781 bits per heavy atom. The van der Waals surface area contributed by atoms with Crippen LogP contribution in [0.4, 0.5) is 11.4 Å². The number of nitrogens with zero attached hydrogens (tertiary/aromatic N) is 2. The zero-order valence-electron chi connectivity index (χ0n) is 17.3. The summed E-state index contributed by atoms with van der Waals surface area (Å²) in [6.07, 6.45) is 1.78. The number of hydrazone groups is 1. The molecule has 4 aromatic carbocycles.